The highest BCUT2D eigenvalue weighted by atomic mass is 35.5. The summed E-state index contributed by atoms with van der Waals surface area (Å²) in [7, 11) is -4.67. The van der Waals surface area contributed by atoms with Crippen molar-refractivity contribution in [3.05, 3.63) is 105 Å². The Hall–Kier alpha value is -5.92. The number of rotatable bonds is 11. The van der Waals surface area contributed by atoms with Crippen LogP contribution in [0.5, 0.6) is 11.6 Å². The summed E-state index contributed by atoms with van der Waals surface area (Å²) in [5, 5.41) is 17.3. The van der Waals surface area contributed by atoms with Gasteiger partial charge in [-0.1, -0.05) is 43.2 Å². The Balaban J connectivity index is 0.867. The summed E-state index contributed by atoms with van der Waals surface area (Å²) >= 11 is 6.28. The molecule has 3 aromatic carbocycles. The van der Waals surface area contributed by atoms with Gasteiger partial charge < -0.3 is 34.3 Å². The van der Waals surface area contributed by atoms with Crippen molar-refractivity contribution in [3.63, 3.8) is 0 Å². The fraction of sp³-hybridized carbons (Fsp3) is 0.440. The molecule has 5 aromatic rings. The number of aromatic amines is 1. The van der Waals surface area contributed by atoms with E-state index in [-0.39, 0.29) is 47.3 Å². The van der Waals surface area contributed by atoms with E-state index in [1.54, 1.807) is 12.3 Å². The zero-order valence-electron chi connectivity index (χ0n) is 38.9. The lowest BCUT2D eigenvalue weighted by Crippen LogP contribution is -2.47. The van der Waals surface area contributed by atoms with Crippen molar-refractivity contribution in [1.82, 2.24) is 24.5 Å². The Bertz CT molecular complexity index is 2990. The maximum atomic E-state index is 14.5. The molecule has 0 saturated carbocycles. The Morgan fingerprint density at radius 3 is 2.58 bits per heavy atom. The quantitative estimate of drug-likeness (QED) is 0.0868. The largest absolute Gasteiger partial charge is 0.489 e. The van der Waals surface area contributed by atoms with Crippen molar-refractivity contribution in [3.8, 4) is 11.6 Å². The number of carbonyl (C=O) groups is 1. The fourth-order valence-corrected chi connectivity index (χ4v) is 12.1. The minimum atomic E-state index is -4.67. The number of nitro groups is 1. The lowest BCUT2D eigenvalue weighted by Gasteiger charge is -2.40. The monoisotopic (exact) mass is 977 g/mol. The van der Waals surface area contributed by atoms with Crippen LogP contribution in [0.2, 0.25) is 5.02 Å². The Kier molecular flexibility index (Phi) is 11.7. The molecule has 2 bridgehead atoms. The van der Waals surface area contributed by atoms with E-state index in [4.69, 9.17) is 30.8 Å². The average Bonchev–Trinajstić information content (AvgIpc) is 4.09. The molecule has 1 aliphatic carbocycles. The number of hydrogen-bond donors (Lipinski definition) is 3. The standard InChI is InChI=1S/C50H56ClN9O8S/c1-30-24-59(44-18-32-11-13-52-47(32)54-49(44)68-30)42-20-36(57-16-14-56(15-17-57)25-33-10-12-50(2,3)23-41(33)31-4-6-34(51)7-5-31)8-9-40(42)48(61)55-69(64,65)39-21-43(60(62)63)46-45(22-39)67-28-35(53-46)26-58-27-38-19-37(58)29-66-38/h4-9,11,13,18,20-22,30,35,37-38,53H,10,12,14-17,19,23-29H2,1-3H3,(H,52,54)(H,55,61)/t30-,35+,37+,38+/m1/s1. The van der Waals surface area contributed by atoms with Crippen molar-refractivity contribution in [2.75, 3.05) is 80.7 Å². The SMILES string of the molecule is C[C@@H]1CN(c2cc(N3CCN(CC4=C(c5ccc(Cl)cc5)CC(C)(C)CC4)CC3)ccc2C(=O)NS(=O)(=O)c2cc3c(c([N+](=O)[O-])c2)N[C@@H](CN2C[C@@H]4C[C@H]2CO4)CO3)c2cc3cc[nH]c3nc2O1. The van der Waals surface area contributed by atoms with Crippen LogP contribution in [0.3, 0.4) is 0 Å². The van der Waals surface area contributed by atoms with E-state index in [1.165, 1.54) is 22.8 Å². The van der Waals surface area contributed by atoms with Crippen LogP contribution in [0.25, 0.3) is 16.6 Å². The lowest BCUT2D eigenvalue weighted by atomic mass is 9.72. The molecule has 19 heteroatoms. The van der Waals surface area contributed by atoms with Crippen LogP contribution in [-0.2, 0) is 14.8 Å². The third kappa shape index (κ3) is 9.08. The number of nitrogens with zero attached hydrogens (tertiary/aromatic N) is 6. The van der Waals surface area contributed by atoms with Gasteiger partial charge in [0.05, 0.1) is 46.4 Å². The van der Waals surface area contributed by atoms with Crippen LogP contribution < -0.4 is 29.3 Å². The number of aromatic nitrogens is 2. The number of hydrogen-bond acceptors (Lipinski definition) is 14. The van der Waals surface area contributed by atoms with Crippen LogP contribution in [0, 0.1) is 15.5 Å². The van der Waals surface area contributed by atoms with E-state index in [0.717, 1.165) is 87.1 Å². The van der Waals surface area contributed by atoms with Crippen LogP contribution in [0.4, 0.5) is 28.4 Å². The van der Waals surface area contributed by atoms with E-state index < -0.39 is 31.4 Å². The number of piperazine rings is 1. The molecule has 3 saturated heterocycles. The number of fused-ring (bicyclic) bond motifs is 5. The molecule has 69 heavy (non-hydrogen) atoms. The van der Waals surface area contributed by atoms with Gasteiger partial charge in [0.2, 0.25) is 5.88 Å². The lowest BCUT2D eigenvalue weighted by molar-refractivity contribution is -0.384. The second-order valence-electron chi connectivity index (χ2n) is 20.1. The first-order valence-electron chi connectivity index (χ1n) is 23.8. The number of allylic oxidation sites excluding steroid dienone is 1. The van der Waals surface area contributed by atoms with E-state index in [0.29, 0.717) is 48.6 Å². The number of H-pyrrole nitrogens is 1. The van der Waals surface area contributed by atoms with Crippen molar-refractivity contribution in [2.24, 2.45) is 5.41 Å². The second kappa shape index (κ2) is 17.8. The second-order valence-corrected chi connectivity index (χ2v) is 22.2. The summed E-state index contributed by atoms with van der Waals surface area (Å²) < 4.78 is 48.7. The maximum absolute atomic E-state index is 14.5. The van der Waals surface area contributed by atoms with Crippen molar-refractivity contribution in [1.29, 1.82) is 0 Å². The number of amides is 1. The van der Waals surface area contributed by atoms with Crippen molar-refractivity contribution in [2.45, 2.75) is 75.6 Å². The number of benzene rings is 3. The fourth-order valence-electron chi connectivity index (χ4n) is 11.0. The number of anilines is 4. The zero-order chi connectivity index (χ0) is 47.8. The van der Waals surface area contributed by atoms with Gasteiger partial charge in [0.25, 0.3) is 21.6 Å². The van der Waals surface area contributed by atoms with Gasteiger partial charge in [0.15, 0.2) is 11.4 Å². The molecular formula is C50H56ClN9O8S. The molecule has 0 radical (unpaired) electrons. The first-order valence-corrected chi connectivity index (χ1v) is 25.6. The highest BCUT2D eigenvalue weighted by Gasteiger charge is 2.41. The molecule has 0 unspecified atom stereocenters. The van der Waals surface area contributed by atoms with Gasteiger partial charge in [-0.3, -0.25) is 24.7 Å². The number of halogens is 1. The Morgan fingerprint density at radius 1 is 1.01 bits per heavy atom. The third-order valence-electron chi connectivity index (χ3n) is 14.6. The number of sulfonamides is 1. The molecule has 4 atom stereocenters. The highest BCUT2D eigenvalue weighted by Crippen LogP contribution is 2.45. The van der Waals surface area contributed by atoms with Gasteiger partial charge in [-0.05, 0) is 91.6 Å². The molecule has 11 rings (SSSR count). The number of pyridine rings is 1. The normalized spacial score (nSPS) is 23.5. The summed E-state index contributed by atoms with van der Waals surface area (Å²) in [6, 6.07) is 19.7. The third-order valence-corrected chi connectivity index (χ3v) is 16.2. The molecule has 6 aliphatic rings. The van der Waals surface area contributed by atoms with Crippen LogP contribution >= 0.6 is 11.6 Å². The Labute approximate surface area is 405 Å². The zero-order valence-corrected chi connectivity index (χ0v) is 40.4. The minimum absolute atomic E-state index is 0.0218. The summed E-state index contributed by atoms with van der Waals surface area (Å²) in [5.74, 6) is -0.505. The number of likely N-dealkylation sites (tertiary alicyclic amines) is 1. The van der Waals surface area contributed by atoms with Gasteiger partial charge in [0.1, 0.15) is 24.0 Å². The predicted molar refractivity (Wildman–Crippen MR) is 265 cm³/mol. The number of nitro benzene ring substituents is 1. The van der Waals surface area contributed by atoms with E-state index in [1.807, 2.05) is 48.2 Å². The summed E-state index contributed by atoms with van der Waals surface area (Å²) in [6.07, 6.45) is 5.79. The Morgan fingerprint density at radius 2 is 1.83 bits per heavy atom. The number of morpholine rings is 1. The minimum Gasteiger partial charge on any atom is -0.489 e. The number of nitrogens with one attached hydrogen (secondary N) is 3. The topological polar surface area (TPSA) is 188 Å². The molecule has 7 heterocycles. The van der Waals surface area contributed by atoms with Gasteiger partial charge in [-0.15, -0.1) is 0 Å². The summed E-state index contributed by atoms with van der Waals surface area (Å²) in [4.78, 5) is 42.9. The molecule has 17 nitrogen and oxygen atoms in total. The molecular weight excluding hydrogens is 922 g/mol. The summed E-state index contributed by atoms with van der Waals surface area (Å²) in [6.45, 7) is 13.1. The molecule has 3 fully saturated rings. The van der Waals surface area contributed by atoms with E-state index in [2.05, 4.69) is 55.7 Å². The first kappa shape index (κ1) is 45.5. The van der Waals surface area contributed by atoms with Crippen molar-refractivity contribution < 1.29 is 32.3 Å². The van der Waals surface area contributed by atoms with Crippen molar-refractivity contribution >= 4 is 72.6 Å². The molecule has 3 N–H and O–H groups in total. The summed E-state index contributed by atoms with van der Waals surface area (Å²) in [5.41, 5.74) is 6.67. The maximum Gasteiger partial charge on any atom is 0.297 e. The van der Waals surface area contributed by atoms with Gasteiger partial charge in [-0.25, -0.2) is 13.1 Å². The molecule has 0 spiro atoms. The highest BCUT2D eigenvalue weighted by molar-refractivity contribution is 7.90. The smallest absolute Gasteiger partial charge is 0.297 e. The van der Waals surface area contributed by atoms with Crippen LogP contribution in [0.15, 0.2) is 83.4 Å². The molecule has 2 aromatic heterocycles. The number of carbonyl (C=O) groups excluding carboxylic acids is 1. The van der Waals surface area contributed by atoms with Crippen LogP contribution in [0.1, 0.15) is 62.4 Å². The molecule has 5 aliphatic heterocycles. The average molecular weight is 979 g/mol. The molecule has 362 valence electrons. The van der Waals surface area contributed by atoms with Gasteiger partial charge in [-0.2, -0.15) is 4.98 Å². The first-order chi connectivity index (χ1) is 33.1. The van der Waals surface area contributed by atoms with Gasteiger partial charge >= 0.3 is 0 Å². The molecule has 1 amide bonds. The predicted octanol–water partition coefficient (Wildman–Crippen LogP) is 7.59. The number of ether oxygens (including phenoxy) is 3. The van der Waals surface area contributed by atoms with Crippen LogP contribution in [-0.4, -0.2) is 129 Å². The van der Waals surface area contributed by atoms with E-state index in [9.17, 15) is 23.3 Å². The van der Waals surface area contributed by atoms with Gasteiger partial charge in [0, 0.05) is 86.3 Å². The van der Waals surface area contributed by atoms with E-state index >= 15 is 0 Å².